The van der Waals surface area contributed by atoms with E-state index in [0.717, 1.165) is 61.2 Å². The summed E-state index contributed by atoms with van der Waals surface area (Å²) in [6.07, 6.45) is 3.62. The maximum atomic E-state index is 9.05. The number of benzene rings is 1. The second kappa shape index (κ2) is 8.49. The fraction of sp³-hybridized carbons (Fsp3) is 0.300. The lowest BCUT2D eigenvalue weighted by atomic mass is 10.2. The van der Waals surface area contributed by atoms with Crippen LogP contribution in [0.25, 0.3) is 22.6 Å². The van der Waals surface area contributed by atoms with Gasteiger partial charge in [-0.1, -0.05) is 29.3 Å². The number of nitrogens with zero attached hydrogens (tertiary/aromatic N) is 4. The van der Waals surface area contributed by atoms with Gasteiger partial charge in [0, 0.05) is 50.0 Å². The standard InChI is InChI=1S/C20H21Cl2N5O/c21-16-3-1-14(11-17(16)22)18-13-24-20(25-18)15-2-4-19(23-12-15)27-7-5-26(6-8-27)9-10-28/h1-4,11-13,28H,5-10H2,(H,24,25). The molecule has 1 aliphatic heterocycles. The molecule has 146 valence electrons. The highest BCUT2D eigenvalue weighted by Crippen LogP contribution is 2.29. The van der Waals surface area contributed by atoms with Gasteiger partial charge in [0.2, 0.25) is 0 Å². The third kappa shape index (κ3) is 4.15. The minimum Gasteiger partial charge on any atom is -0.395 e. The Morgan fingerprint density at radius 1 is 0.929 bits per heavy atom. The van der Waals surface area contributed by atoms with Crippen molar-refractivity contribution in [2.75, 3.05) is 44.2 Å². The van der Waals surface area contributed by atoms with E-state index in [1.807, 2.05) is 30.5 Å². The Balaban J connectivity index is 1.46. The van der Waals surface area contributed by atoms with Crippen LogP contribution in [0.5, 0.6) is 0 Å². The summed E-state index contributed by atoms with van der Waals surface area (Å²) < 4.78 is 0. The van der Waals surface area contributed by atoms with Crippen LogP contribution in [0.3, 0.4) is 0 Å². The van der Waals surface area contributed by atoms with E-state index >= 15 is 0 Å². The monoisotopic (exact) mass is 417 g/mol. The van der Waals surface area contributed by atoms with E-state index in [0.29, 0.717) is 10.0 Å². The van der Waals surface area contributed by atoms with Gasteiger partial charge in [-0.05, 0) is 24.3 Å². The number of aromatic amines is 1. The summed E-state index contributed by atoms with van der Waals surface area (Å²) in [7, 11) is 0. The second-order valence-electron chi connectivity index (χ2n) is 6.73. The molecule has 3 aromatic rings. The molecule has 0 aliphatic carbocycles. The fourth-order valence-corrected chi connectivity index (χ4v) is 3.63. The molecule has 0 bridgehead atoms. The highest BCUT2D eigenvalue weighted by molar-refractivity contribution is 6.42. The van der Waals surface area contributed by atoms with Crippen LogP contribution in [0.4, 0.5) is 5.82 Å². The van der Waals surface area contributed by atoms with Crippen molar-refractivity contribution in [1.29, 1.82) is 0 Å². The van der Waals surface area contributed by atoms with E-state index in [-0.39, 0.29) is 6.61 Å². The number of H-pyrrole nitrogens is 1. The van der Waals surface area contributed by atoms with Crippen molar-refractivity contribution in [3.63, 3.8) is 0 Å². The summed E-state index contributed by atoms with van der Waals surface area (Å²) in [5.74, 6) is 1.72. The summed E-state index contributed by atoms with van der Waals surface area (Å²) in [5, 5.41) is 10.1. The lowest BCUT2D eigenvalue weighted by Gasteiger charge is -2.35. The van der Waals surface area contributed by atoms with Gasteiger partial charge < -0.3 is 15.0 Å². The first-order chi connectivity index (χ1) is 13.6. The Hall–Kier alpha value is -2.12. The number of aromatic nitrogens is 3. The molecule has 1 fully saturated rings. The van der Waals surface area contributed by atoms with Gasteiger partial charge in [0.05, 0.1) is 28.5 Å². The van der Waals surface area contributed by atoms with Crippen LogP contribution < -0.4 is 4.90 Å². The zero-order chi connectivity index (χ0) is 19.5. The molecule has 2 N–H and O–H groups in total. The molecule has 6 nitrogen and oxygen atoms in total. The van der Waals surface area contributed by atoms with Crippen molar-refractivity contribution in [1.82, 2.24) is 19.9 Å². The lowest BCUT2D eigenvalue weighted by molar-refractivity contribution is 0.188. The Bertz CT molecular complexity index is 936. The SMILES string of the molecule is OCCN1CCN(c2ccc(-c3ncc(-c4ccc(Cl)c(Cl)c4)[nH]3)cn2)CC1. The maximum Gasteiger partial charge on any atom is 0.139 e. The molecule has 0 unspecified atom stereocenters. The van der Waals surface area contributed by atoms with Crippen molar-refractivity contribution in [3.05, 3.63) is 52.8 Å². The van der Waals surface area contributed by atoms with Gasteiger partial charge in [0.1, 0.15) is 11.6 Å². The molecule has 0 amide bonds. The number of halogens is 2. The lowest BCUT2D eigenvalue weighted by Crippen LogP contribution is -2.47. The van der Waals surface area contributed by atoms with Gasteiger partial charge in [0.25, 0.3) is 0 Å². The van der Waals surface area contributed by atoms with Gasteiger partial charge in [-0.2, -0.15) is 0 Å². The zero-order valence-corrected chi connectivity index (χ0v) is 16.8. The Morgan fingerprint density at radius 3 is 2.39 bits per heavy atom. The molecule has 4 rings (SSSR count). The van der Waals surface area contributed by atoms with Crippen LogP contribution in [0.15, 0.2) is 42.7 Å². The first kappa shape index (κ1) is 19.2. The predicted molar refractivity (Wildman–Crippen MR) is 113 cm³/mol. The van der Waals surface area contributed by atoms with E-state index in [1.165, 1.54) is 0 Å². The largest absolute Gasteiger partial charge is 0.395 e. The molecule has 1 aromatic carbocycles. The van der Waals surface area contributed by atoms with Gasteiger partial charge in [0.15, 0.2) is 0 Å². The van der Waals surface area contributed by atoms with Crippen LogP contribution in [0, 0.1) is 0 Å². The molecule has 0 radical (unpaired) electrons. The maximum absolute atomic E-state index is 9.05. The molecular formula is C20H21Cl2N5O. The number of piperazine rings is 1. The quantitative estimate of drug-likeness (QED) is 0.663. The molecule has 1 saturated heterocycles. The zero-order valence-electron chi connectivity index (χ0n) is 15.3. The van der Waals surface area contributed by atoms with E-state index in [1.54, 1.807) is 12.3 Å². The summed E-state index contributed by atoms with van der Waals surface area (Å²) >= 11 is 12.1. The van der Waals surface area contributed by atoms with Crippen LogP contribution in [0.2, 0.25) is 10.0 Å². The molecule has 28 heavy (non-hydrogen) atoms. The number of β-amino-alcohol motifs (C(OH)–C–C–N with tert-alkyl or cyclic N) is 1. The highest BCUT2D eigenvalue weighted by atomic mass is 35.5. The van der Waals surface area contributed by atoms with Crippen molar-refractivity contribution in [2.45, 2.75) is 0 Å². The van der Waals surface area contributed by atoms with E-state index < -0.39 is 0 Å². The highest BCUT2D eigenvalue weighted by Gasteiger charge is 2.17. The first-order valence-electron chi connectivity index (χ1n) is 9.19. The number of hydrogen-bond acceptors (Lipinski definition) is 5. The Labute approximate surface area is 173 Å². The molecule has 8 heteroatoms. The van der Waals surface area contributed by atoms with Gasteiger partial charge in [-0.25, -0.2) is 9.97 Å². The summed E-state index contributed by atoms with van der Waals surface area (Å²) in [6, 6.07) is 9.55. The summed E-state index contributed by atoms with van der Waals surface area (Å²) in [4.78, 5) is 16.9. The van der Waals surface area contributed by atoms with Crippen LogP contribution >= 0.6 is 23.2 Å². The minimum absolute atomic E-state index is 0.209. The van der Waals surface area contributed by atoms with Crippen LogP contribution in [0.1, 0.15) is 0 Å². The molecule has 0 spiro atoms. The Morgan fingerprint density at radius 2 is 1.71 bits per heavy atom. The molecule has 0 saturated carbocycles. The van der Waals surface area contributed by atoms with Crippen LogP contribution in [-0.2, 0) is 0 Å². The average molecular weight is 418 g/mol. The number of aliphatic hydroxyl groups excluding tert-OH is 1. The number of hydrogen-bond donors (Lipinski definition) is 2. The molecular weight excluding hydrogens is 397 g/mol. The van der Waals surface area contributed by atoms with Crippen molar-refractivity contribution in [2.24, 2.45) is 0 Å². The number of rotatable bonds is 5. The van der Waals surface area contributed by atoms with Crippen molar-refractivity contribution < 1.29 is 5.11 Å². The fourth-order valence-electron chi connectivity index (χ4n) is 3.33. The van der Waals surface area contributed by atoms with Crippen molar-refractivity contribution >= 4 is 29.0 Å². The van der Waals surface area contributed by atoms with E-state index in [4.69, 9.17) is 28.3 Å². The molecule has 2 aromatic heterocycles. The number of pyridine rings is 1. The number of aliphatic hydroxyl groups is 1. The third-order valence-corrected chi connectivity index (χ3v) is 5.68. The first-order valence-corrected chi connectivity index (χ1v) is 9.94. The van der Waals surface area contributed by atoms with E-state index in [2.05, 4.69) is 24.8 Å². The van der Waals surface area contributed by atoms with Gasteiger partial charge in [-0.15, -0.1) is 0 Å². The predicted octanol–water partition coefficient (Wildman–Crippen LogP) is 3.56. The third-order valence-electron chi connectivity index (χ3n) is 4.94. The molecule has 1 aliphatic rings. The molecule has 3 heterocycles. The van der Waals surface area contributed by atoms with Gasteiger partial charge in [-0.3, -0.25) is 4.90 Å². The number of imidazole rings is 1. The van der Waals surface area contributed by atoms with Crippen LogP contribution in [-0.4, -0.2) is 64.3 Å². The smallest absolute Gasteiger partial charge is 0.139 e. The summed E-state index contributed by atoms with van der Waals surface area (Å²) in [6.45, 7) is 4.65. The van der Waals surface area contributed by atoms with E-state index in [9.17, 15) is 0 Å². The topological polar surface area (TPSA) is 68.3 Å². The Kier molecular flexibility index (Phi) is 5.82. The number of anilines is 1. The second-order valence-corrected chi connectivity index (χ2v) is 7.55. The van der Waals surface area contributed by atoms with Gasteiger partial charge >= 0.3 is 0 Å². The minimum atomic E-state index is 0.209. The molecule has 0 atom stereocenters. The van der Waals surface area contributed by atoms with Crippen molar-refractivity contribution in [3.8, 4) is 22.6 Å². The average Bonchev–Trinajstić information content (AvgIpc) is 3.21. The number of nitrogens with one attached hydrogen (secondary N) is 1. The summed E-state index contributed by atoms with van der Waals surface area (Å²) in [5.41, 5.74) is 2.73. The normalized spacial score (nSPS) is 15.2.